The molecule has 0 N–H and O–H groups in total. The fraction of sp³-hybridized carbons (Fsp3) is 0.867. The van der Waals surface area contributed by atoms with Crippen molar-refractivity contribution in [1.29, 1.82) is 0 Å². The number of hydrogen-bond acceptors (Lipinski definition) is 1. The summed E-state index contributed by atoms with van der Waals surface area (Å²) in [6.45, 7) is 9.46. The second kappa shape index (κ2) is 3.13. The van der Waals surface area contributed by atoms with Crippen LogP contribution >= 0.6 is 0 Å². The smallest absolute Gasteiger partial charge is 0.0790 e. The first-order chi connectivity index (χ1) is 7.42. The molecule has 1 nitrogen and oxygen atoms in total. The molecule has 2 heterocycles. The van der Waals surface area contributed by atoms with E-state index in [1.165, 1.54) is 31.3 Å². The molecule has 0 aromatic carbocycles. The van der Waals surface area contributed by atoms with Crippen LogP contribution in [0.4, 0.5) is 0 Å². The van der Waals surface area contributed by atoms with E-state index in [2.05, 4.69) is 33.8 Å². The van der Waals surface area contributed by atoms with E-state index in [1.54, 1.807) is 0 Å². The molecule has 0 aromatic rings. The van der Waals surface area contributed by atoms with Crippen LogP contribution in [0.1, 0.15) is 53.4 Å². The van der Waals surface area contributed by atoms with Gasteiger partial charge in [0.05, 0.1) is 11.7 Å². The average Bonchev–Trinajstić information content (AvgIpc) is 2.58. The van der Waals surface area contributed by atoms with Gasteiger partial charge in [-0.05, 0) is 62.4 Å². The molecule has 2 aliphatic heterocycles. The predicted molar refractivity (Wildman–Crippen MR) is 66.3 cm³/mol. The van der Waals surface area contributed by atoms with Crippen molar-refractivity contribution in [2.45, 2.75) is 65.1 Å². The standard InChI is InChI=1S/C15H24O/c1-10-5-6-11-12(9-14(11,2)3)15(4)8-7-13(10)16-15/h5,11-13H,6-9H2,1-4H3/b10-5-/t11-,12+,13-,15+/m1/s1. The molecule has 0 spiro atoms. The summed E-state index contributed by atoms with van der Waals surface area (Å²) in [6.07, 6.45) is 8.01. The summed E-state index contributed by atoms with van der Waals surface area (Å²) in [7, 11) is 0. The summed E-state index contributed by atoms with van der Waals surface area (Å²) >= 11 is 0. The van der Waals surface area contributed by atoms with E-state index in [4.69, 9.17) is 4.74 Å². The van der Waals surface area contributed by atoms with Crippen molar-refractivity contribution < 1.29 is 4.74 Å². The molecule has 16 heavy (non-hydrogen) atoms. The van der Waals surface area contributed by atoms with Crippen molar-refractivity contribution in [2.75, 3.05) is 0 Å². The van der Waals surface area contributed by atoms with Gasteiger partial charge >= 0.3 is 0 Å². The maximum absolute atomic E-state index is 6.36. The van der Waals surface area contributed by atoms with E-state index in [1.807, 2.05) is 0 Å². The molecule has 1 saturated heterocycles. The van der Waals surface area contributed by atoms with Crippen LogP contribution in [0.3, 0.4) is 0 Å². The Morgan fingerprint density at radius 3 is 2.69 bits per heavy atom. The molecule has 0 amide bonds. The lowest BCUT2D eigenvalue weighted by Crippen LogP contribution is -2.54. The molecule has 3 rings (SSSR count). The van der Waals surface area contributed by atoms with Gasteiger partial charge in [-0.2, -0.15) is 0 Å². The molecule has 1 heteroatoms. The Morgan fingerprint density at radius 1 is 1.25 bits per heavy atom. The lowest BCUT2D eigenvalue weighted by Gasteiger charge is -2.57. The molecule has 0 unspecified atom stereocenters. The van der Waals surface area contributed by atoms with Crippen LogP contribution in [0.2, 0.25) is 0 Å². The molecule has 3 aliphatic rings. The SMILES string of the molecule is C/C1=C/C[C@@H]2[C@H](CC2(C)C)[C@]2(C)CC[C@H]1O2. The Morgan fingerprint density at radius 2 is 2.00 bits per heavy atom. The minimum Gasteiger partial charge on any atom is -0.367 e. The van der Waals surface area contributed by atoms with Crippen LogP contribution in [0.15, 0.2) is 11.6 Å². The summed E-state index contributed by atoms with van der Waals surface area (Å²) in [5.74, 6) is 1.64. The van der Waals surface area contributed by atoms with Gasteiger partial charge in [0.25, 0.3) is 0 Å². The monoisotopic (exact) mass is 220 g/mol. The zero-order valence-electron chi connectivity index (χ0n) is 11.0. The third kappa shape index (κ3) is 1.33. The summed E-state index contributed by atoms with van der Waals surface area (Å²) in [4.78, 5) is 0. The topological polar surface area (TPSA) is 9.23 Å². The Hall–Kier alpha value is -0.300. The van der Waals surface area contributed by atoms with Gasteiger partial charge in [-0.25, -0.2) is 0 Å². The lowest BCUT2D eigenvalue weighted by molar-refractivity contribution is -0.157. The van der Waals surface area contributed by atoms with Gasteiger partial charge in [0.1, 0.15) is 0 Å². The van der Waals surface area contributed by atoms with E-state index in [-0.39, 0.29) is 5.60 Å². The summed E-state index contributed by atoms with van der Waals surface area (Å²) in [5.41, 5.74) is 2.19. The van der Waals surface area contributed by atoms with Gasteiger partial charge in [0.2, 0.25) is 0 Å². The van der Waals surface area contributed by atoms with Gasteiger partial charge in [-0.15, -0.1) is 0 Å². The highest BCUT2D eigenvalue weighted by Crippen LogP contribution is 2.60. The third-order valence-corrected chi connectivity index (χ3v) is 5.54. The maximum atomic E-state index is 6.36. The van der Waals surface area contributed by atoms with Crippen LogP contribution in [0.25, 0.3) is 0 Å². The number of ether oxygens (including phenoxy) is 1. The summed E-state index contributed by atoms with van der Waals surface area (Å²) in [5, 5.41) is 0. The van der Waals surface area contributed by atoms with Gasteiger partial charge in [-0.3, -0.25) is 0 Å². The van der Waals surface area contributed by atoms with Crippen LogP contribution in [0.5, 0.6) is 0 Å². The fourth-order valence-corrected chi connectivity index (χ4v) is 4.27. The molecule has 2 bridgehead atoms. The largest absolute Gasteiger partial charge is 0.367 e. The highest BCUT2D eigenvalue weighted by Gasteiger charge is 2.57. The van der Waals surface area contributed by atoms with E-state index < -0.39 is 0 Å². The Bertz CT molecular complexity index is 341. The molecule has 0 radical (unpaired) electrons. The first kappa shape index (κ1) is 10.8. The van der Waals surface area contributed by atoms with Crippen molar-refractivity contribution in [3.05, 3.63) is 11.6 Å². The number of rotatable bonds is 0. The van der Waals surface area contributed by atoms with Gasteiger partial charge in [0.15, 0.2) is 0 Å². The molecule has 0 aromatic heterocycles. The Kier molecular flexibility index (Phi) is 2.12. The zero-order chi connectivity index (χ0) is 11.6. The molecule has 2 fully saturated rings. The third-order valence-electron chi connectivity index (χ3n) is 5.54. The van der Waals surface area contributed by atoms with E-state index >= 15 is 0 Å². The van der Waals surface area contributed by atoms with Crippen LogP contribution in [-0.2, 0) is 4.74 Å². The zero-order valence-corrected chi connectivity index (χ0v) is 11.0. The first-order valence-electron chi connectivity index (χ1n) is 6.77. The number of fused-ring (bicyclic) bond motifs is 4. The van der Waals surface area contributed by atoms with Crippen LogP contribution < -0.4 is 0 Å². The van der Waals surface area contributed by atoms with Crippen LogP contribution in [0, 0.1) is 17.3 Å². The molecule has 1 saturated carbocycles. The van der Waals surface area contributed by atoms with Crippen molar-refractivity contribution in [3.63, 3.8) is 0 Å². The molecule has 4 atom stereocenters. The Balaban J connectivity index is 1.94. The summed E-state index contributed by atoms with van der Waals surface area (Å²) in [6, 6.07) is 0. The second-order valence-electron chi connectivity index (χ2n) is 7.05. The Labute approximate surface area is 99.3 Å². The number of allylic oxidation sites excluding steroid dienone is 1. The van der Waals surface area contributed by atoms with Crippen molar-refractivity contribution in [1.82, 2.24) is 0 Å². The van der Waals surface area contributed by atoms with Gasteiger partial charge < -0.3 is 4.74 Å². The normalized spacial score (nSPS) is 53.0. The highest BCUT2D eigenvalue weighted by atomic mass is 16.5. The molecule has 1 aliphatic carbocycles. The quantitative estimate of drug-likeness (QED) is 0.562. The van der Waals surface area contributed by atoms with Crippen molar-refractivity contribution >= 4 is 0 Å². The van der Waals surface area contributed by atoms with E-state index in [0.717, 1.165) is 11.8 Å². The molecular formula is C15H24O. The van der Waals surface area contributed by atoms with E-state index in [9.17, 15) is 0 Å². The lowest BCUT2D eigenvalue weighted by atomic mass is 9.50. The van der Waals surface area contributed by atoms with Crippen molar-refractivity contribution in [3.8, 4) is 0 Å². The van der Waals surface area contributed by atoms with Crippen LogP contribution in [-0.4, -0.2) is 11.7 Å². The minimum absolute atomic E-state index is 0.181. The van der Waals surface area contributed by atoms with E-state index in [0.29, 0.717) is 11.5 Å². The van der Waals surface area contributed by atoms with Gasteiger partial charge in [-0.1, -0.05) is 19.9 Å². The average molecular weight is 220 g/mol. The highest BCUT2D eigenvalue weighted by molar-refractivity contribution is 5.17. The maximum Gasteiger partial charge on any atom is 0.0790 e. The molecular weight excluding hydrogens is 196 g/mol. The van der Waals surface area contributed by atoms with Crippen molar-refractivity contribution in [2.24, 2.45) is 17.3 Å². The summed E-state index contributed by atoms with van der Waals surface area (Å²) < 4.78 is 6.36. The predicted octanol–water partition coefficient (Wildman–Crippen LogP) is 3.94. The fourth-order valence-electron chi connectivity index (χ4n) is 4.27. The molecule has 90 valence electrons. The minimum atomic E-state index is 0.181. The number of hydrogen-bond donors (Lipinski definition) is 0. The van der Waals surface area contributed by atoms with Gasteiger partial charge in [0, 0.05) is 0 Å². The second-order valence-corrected chi connectivity index (χ2v) is 7.05. The first-order valence-corrected chi connectivity index (χ1v) is 6.77.